The maximum Gasteiger partial charge on any atom is 0.154 e. The van der Waals surface area contributed by atoms with Crippen molar-refractivity contribution < 1.29 is 0 Å². The Kier molecular flexibility index (Phi) is 8.15. The van der Waals surface area contributed by atoms with Crippen molar-refractivity contribution in [2.45, 2.75) is 39.7 Å². The largest absolute Gasteiger partial charge is 0.367 e. The van der Waals surface area contributed by atoms with Crippen LogP contribution in [-0.4, -0.2) is 40.5 Å². The van der Waals surface area contributed by atoms with E-state index in [1.807, 2.05) is 36.4 Å². The fraction of sp³-hybridized carbons (Fsp3) is 0.310. The van der Waals surface area contributed by atoms with Crippen LogP contribution in [0.5, 0.6) is 0 Å². The normalized spacial score (nSPS) is 12.7. The molecule has 1 atom stereocenters. The molecule has 0 saturated heterocycles. The molecular formula is C29H33ClN4. The second kappa shape index (κ2) is 11.5. The summed E-state index contributed by atoms with van der Waals surface area (Å²) in [7, 11) is 0. The molecule has 4 nitrogen and oxygen atoms in total. The van der Waals surface area contributed by atoms with Crippen molar-refractivity contribution in [3.63, 3.8) is 0 Å². The lowest BCUT2D eigenvalue weighted by atomic mass is 10.1. The topological polar surface area (TPSA) is 41.0 Å². The van der Waals surface area contributed by atoms with Crippen LogP contribution in [-0.2, 0) is 0 Å². The zero-order chi connectivity index (χ0) is 23.9. The summed E-state index contributed by atoms with van der Waals surface area (Å²) in [6.07, 6.45) is 6.24. The van der Waals surface area contributed by atoms with Crippen LogP contribution in [0, 0.1) is 0 Å². The number of aromatic nitrogens is 2. The predicted molar refractivity (Wildman–Crippen MR) is 148 cm³/mol. The van der Waals surface area contributed by atoms with Crippen LogP contribution in [0.15, 0.2) is 60.7 Å². The zero-order valence-corrected chi connectivity index (χ0v) is 21.0. The Bertz CT molecular complexity index is 1260. The van der Waals surface area contributed by atoms with Gasteiger partial charge in [0.1, 0.15) is 5.82 Å². The molecular weight excluding hydrogens is 440 g/mol. The standard InChI is InChI=1S/C29H33ClN4/c1-4-34(5-2)18-8-9-21(3)31-29-26-19-23-10-6-7-11-24(23)20-27(26)32-28(33-29)17-14-22-12-15-25(30)16-13-22/h6-7,10-17,19-21H,4-5,8-9,18H2,1-3H3,(H,31,32,33)/b17-14+/t21-/m1/s1. The lowest BCUT2D eigenvalue weighted by Crippen LogP contribution is -2.25. The summed E-state index contributed by atoms with van der Waals surface area (Å²) in [6, 6.07) is 20.8. The molecule has 1 heterocycles. The van der Waals surface area contributed by atoms with Crippen molar-refractivity contribution in [3.05, 3.63) is 77.1 Å². The van der Waals surface area contributed by atoms with Gasteiger partial charge in [0, 0.05) is 16.5 Å². The third kappa shape index (κ3) is 6.13. The van der Waals surface area contributed by atoms with Crippen molar-refractivity contribution in [3.8, 4) is 0 Å². The highest BCUT2D eigenvalue weighted by Crippen LogP contribution is 2.27. The van der Waals surface area contributed by atoms with Gasteiger partial charge in [0.05, 0.1) is 5.52 Å². The molecule has 176 valence electrons. The van der Waals surface area contributed by atoms with Gasteiger partial charge in [0.15, 0.2) is 5.82 Å². The Balaban J connectivity index is 1.63. The average Bonchev–Trinajstić information content (AvgIpc) is 2.85. The molecule has 0 spiro atoms. The van der Waals surface area contributed by atoms with Crippen LogP contribution in [0.2, 0.25) is 5.02 Å². The van der Waals surface area contributed by atoms with Crippen molar-refractivity contribution in [2.24, 2.45) is 0 Å². The van der Waals surface area contributed by atoms with Crippen LogP contribution >= 0.6 is 11.6 Å². The summed E-state index contributed by atoms with van der Waals surface area (Å²) >= 11 is 6.02. The van der Waals surface area contributed by atoms with E-state index in [9.17, 15) is 0 Å². The smallest absolute Gasteiger partial charge is 0.154 e. The van der Waals surface area contributed by atoms with Gasteiger partial charge in [-0.2, -0.15) is 0 Å². The lowest BCUT2D eigenvalue weighted by molar-refractivity contribution is 0.295. The van der Waals surface area contributed by atoms with Gasteiger partial charge in [-0.1, -0.05) is 67.9 Å². The number of nitrogens with one attached hydrogen (secondary N) is 1. The van der Waals surface area contributed by atoms with Gasteiger partial charge in [-0.3, -0.25) is 0 Å². The molecule has 4 aromatic rings. The molecule has 0 bridgehead atoms. The highest BCUT2D eigenvalue weighted by atomic mass is 35.5. The molecule has 0 aliphatic carbocycles. The maximum absolute atomic E-state index is 6.02. The van der Waals surface area contributed by atoms with Gasteiger partial charge in [-0.05, 0) is 86.1 Å². The van der Waals surface area contributed by atoms with Crippen LogP contribution in [0.1, 0.15) is 45.0 Å². The third-order valence-corrected chi connectivity index (χ3v) is 6.52. The first kappa shape index (κ1) is 24.2. The molecule has 1 N–H and O–H groups in total. The summed E-state index contributed by atoms with van der Waals surface area (Å²) in [5.41, 5.74) is 2.01. The summed E-state index contributed by atoms with van der Waals surface area (Å²) in [6.45, 7) is 10.0. The van der Waals surface area contributed by atoms with Crippen LogP contribution in [0.3, 0.4) is 0 Å². The zero-order valence-electron chi connectivity index (χ0n) is 20.3. The van der Waals surface area contributed by atoms with Gasteiger partial charge in [-0.15, -0.1) is 0 Å². The molecule has 3 aromatic carbocycles. The Hall–Kier alpha value is -2.95. The van der Waals surface area contributed by atoms with E-state index in [1.165, 1.54) is 10.8 Å². The van der Waals surface area contributed by atoms with Gasteiger partial charge in [-0.25, -0.2) is 9.97 Å². The predicted octanol–water partition coefficient (Wildman–Crippen LogP) is 7.53. The number of hydrogen-bond donors (Lipinski definition) is 1. The molecule has 1 aromatic heterocycles. The first-order chi connectivity index (χ1) is 16.6. The summed E-state index contributed by atoms with van der Waals surface area (Å²) in [5.74, 6) is 1.58. The average molecular weight is 473 g/mol. The second-order valence-electron chi connectivity index (χ2n) is 8.75. The molecule has 0 fully saturated rings. The fourth-order valence-electron chi connectivity index (χ4n) is 4.23. The highest BCUT2D eigenvalue weighted by molar-refractivity contribution is 6.30. The molecule has 5 heteroatoms. The second-order valence-corrected chi connectivity index (χ2v) is 9.18. The molecule has 0 amide bonds. The van der Waals surface area contributed by atoms with E-state index in [-0.39, 0.29) is 0 Å². The van der Waals surface area contributed by atoms with Crippen molar-refractivity contribution >= 4 is 51.2 Å². The summed E-state index contributed by atoms with van der Waals surface area (Å²) in [4.78, 5) is 12.2. The van der Waals surface area contributed by atoms with Crippen LogP contribution in [0.25, 0.3) is 33.8 Å². The molecule has 0 saturated carbocycles. The maximum atomic E-state index is 6.02. The minimum Gasteiger partial charge on any atom is -0.367 e. The molecule has 4 rings (SSSR count). The van der Waals surface area contributed by atoms with Crippen LogP contribution < -0.4 is 5.32 Å². The Labute approximate surface area is 207 Å². The van der Waals surface area contributed by atoms with Crippen molar-refractivity contribution in [2.75, 3.05) is 25.0 Å². The van der Waals surface area contributed by atoms with E-state index in [0.717, 1.165) is 59.8 Å². The van der Waals surface area contributed by atoms with E-state index in [0.29, 0.717) is 11.9 Å². The van der Waals surface area contributed by atoms with Gasteiger partial charge in [0.25, 0.3) is 0 Å². The van der Waals surface area contributed by atoms with Gasteiger partial charge < -0.3 is 10.2 Å². The quantitative estimate of drug-likeness (QED) is 0.242. The third-order valence-electron chi connectivity index (χ3n) is 6.26. The number of hydrogen-bond acceptors (Lipinski definition) is 4. The monoisotopic (exact) mass is 472 g/mol. The van der Waals surface area contributed by atoms with E-state index >= 15 is 0 Å². The van der Waals surface area contributed by atoms with Crippen molar-refractivity contribution in [1.29, 1.82) is 0 Å². The summed E-state index contributed by atoms with van der Waals surface area (Å²) < 4.78 is 0. The molecule has 0 unspecified atom stereocenters. The van der Waals surface area contributed by atoms with Crippen molar-refractivity contribution in [1.82, 2.24) is 14.9 Å². The first-order valence-electron chi connectivity index (χ1n) is 12.2. The molecule has 0 radical (unpaired) electrons. The number of benzene rings is 3. The number of halogens is 1. The first-order valence-corrected chi connectivity index (χ1v) is 12.6. The van der Waals surface area contributed by atoms with E-state index in [1.54, 1.807) is 0 Å². The van der Waals surface area contributed by atoms with Crippen LogP contribution in [0.4, 0.5) is 5.82 Å². The SMILES string of the molecule is CCN(CC)CCC[C@@H](C)Nc1nc(/C=C/c2ccc(Cl)cc2)nc2cc3ccccc3cc12. The van der Waals surface area contributed by atoms with E-state index in [2.05, 4.69) is 67.4 Å². The van der Waals surface area contributed by atoms with E-state index in [4.69, 9.17) is 21.6 Å². The molecule has 0 aliphatic heterocycles. The number of rotatable bonds is 10. The molecule has 0 aliphatic rings. The number of fused-ring (bicyclic) bond motifs is 2. The van der Waals surface area contributed by atoms with E-state index < -0.39 is 0 Å². The fourth-order valence-corrected chi connectivity index (χ4v) is 4.36. The lowest BCUT2D eigenvalue weighted by Gasteiger charge is -2.20. The number of anilines is 1. The highest BCUT2D eigenvalue weighted by Gasteiger charge is 2.11. The number of nitrogens with zero attached hydrogens (tertiary/aromatic N) is 3. The Morgan fingerprint density at radius 3 is 2.35 bits per heavy atom. The minimum atomic E-state index is 0.313. The minimum absolute atomic E-state index is 0.313. The Morgan fingerprint density at radius 2 is 1.65 bits per heavy atom. The van der Waals surface area contributed by atoms with Gasteiger partial charge in [0.2, 0.25) is 0 Å². The van der Waals surface area contributed by atoms with Gasteiger partial charge >= 0.3 is 0 Å². The Morgan fingerprint density at radius 1 is 0.941 bits per heavy atom. The summed E-state index contributed by atoms with van der Waals surface area (Å²) in [5, 5.41) is 7.84. The molecule has 34 heavy (non-hydrogen) atoms.